The van der Waals surface area contributed by atoms with E-state index in [1.807, 2.05) is 72.9 Å². The molecule has 1 amide bonds. The predicted octanol–water partition coefficient (Wildman–Crippen LogP) is 6.34. The molecule has 0 spiro atoms. The van der Waals surface area contributed by atoms with Crippen LogP contribution < -0.4 is 10.1 Å². The molecule has 1 unspecified atom stereocenters. The van der Waals surface area contributed by atoms with Crippen LogP contribution in [0.2, 0.25) is 0 Å². The van der Waals surface area contributed by atoms with Crippen LogP contribution in [0.15, 0.2) is 108 Å². The molecule has 5 heteroatoms. The fourth-order valence-corrected chi connectivity index (χ4v) is 4.45. The standard InChI is InChI=1S/C30H26N2O3/c1-34-24-10-5-9-22(17-24)25-13-12-23(28-20-31-15-14-26(25)28)19-32-30(33)18-27(29-11-6-16-35-29)21-7-3-2-4-8-21/h2-17,20,27H,18-19H2,1H3,(H,32,33). The SMILES string of the molecule is COc1cccc(-c2ccc(CNC(=O)CC(c3ccccc3)c3ccco3)c3cnccc23)c1. The Morgan fingerprint density at radius 1 is 0.971 bits per heavy atom. The second-order valence-corrected chi connectivity index (χ2v) is 8.39. The van der Waals surface area contributed by atoms with Gasteiger partial charge in [-0.3, -0.25) is 9.78 Å². The number of carbonyl (C=O) groups is 1. The van der Waals surface area contributed by atoms with Crippen LogP contribution in [0, 0.1) is 0 Å². The monoisotopic (exact) mass is 462 g/mol. The summed E-state index contributed by atoms with van der Waals surface area (Å²) in [7, 11) is 1.67. The van der Waals surface area contributed by atoms with Crippen molar-refractivity contribution < 1.29 is 13.9 Å². The Morgan fingerprint density at radius 2 is 1.86 bits per heavy atom. The first kappa shape index (κ1) is 22.4. The van der Waals surface area contributed by atoms with E-state index in [-0.39, 0.29) is 11.8 Å². The number of hydrogen-bond acceptors (Lipinski definition) is 4. The Morgan fingerprint density at radius 3 is 2.66 bits per heavy atom. The van der Waals surface area contributed by atoms with E-state index < -0.39 is 0 Å². The number of benzene rings is 3. The smallest absolute Gasteiger partial charge is 0.221 e. The van der Waals surface area contributed by atoms with E-state index in [1.54, 1.807) is 19.6 Å². The van der Waals surface area contributed by atoms with Gasteiger partial charge in [0.2, 0.25) is 5.91 Å². The molecule has 0 saturated carbocycles. The summed E-state index contributed by atoms with van der Waals surface area (Å²) in [5.74, 6) is 1.42. The van der Waals surface area contributed by atoms with E-state index in [2.05, 4.69) is 28.5 Å². The number of methoxy groups -OCH3 is 1. The average molecular weight is 463 g/mol. The lowest BCUT2D eigenvalue weighted by molar-refractivity contribution is -0.121. The Bertz CT molecular complexity index is 1430. The average Bonchev–Trinajstić information content (AvgIpc) is 3.45. The number of furan rings is 1. The van der Waals surface area contributed by atoms with Crippen LogP contribution in [0.4, 0.5) is 0 Å². The van der Waals surface area contributed by atoms with Crippen molar-refractivity contribution in [2.45, 2.75) is 18.9 Å². The second kappa shape index (κ2) is 10.3. The van der Waals surface area contributed by atoms with Crippen molar-refractivity contribution in [3.8, 4) is 16.9 Å². The molecule has 5 nitrogen and oxygen atoms in total. The van der Waals surface area contributed by atoms with Crippen molar-refractivity contribution in [3.05, 3.63) is 120 Å². The maximum absolute atomic E-state index is 13.0. The number of pyridine rings is 1. The Labute approximate surface area is 204 Å². The van der Waals surface area contributed by atoms with Crippen molar-refractivity contribution in [2.75, 3.05) is 7.11 Å². The quantitative estimate of drug-likeness (QED) is 0.292. The van der Waals surface area contributed by atoms with Crippen molar-refractivity contribution in [1.29, 1.82) is 0 Å². The molecule has 0 aliphatic carbocycles. The molecule has 0 aliphatic rings. The lowest BCUT2D eigenvalue weighted by Gasteiger charge is -2.16. The van der Waals surface area contributed by atoms with Crippen LogP contribution >= 0.6 is 0 Å². The zero-order valence-corrected chi connectivity index (χ0v) is 19.5. The van der Waals surface area contributed by atoms with Crippen molar-refractivity contribution in [1.82, 2.24) is 10.3 Å². The third kappa shape index (κ3) is 4.94. The Kier molecular flexibility index (Phi) is 6.57. The van der Waals surface area contributed by atoms with E-state index >= 15 is 0 Å². The van der Waals surface area contributed by atoms with Crippen LogP contribution in [-0.4, -0.2) is 18.0 Å². The first-order valence-electron chi connectivity index (χ1n) is 11.6. The zero-order valence-electron chi connectivity index (χ0n) is 19.5. The highest BCUT2D eigenvalue weighted by Gasteiger charge is 2.20. The molecule has 2 aromatic heterocycles. The first-order valence-corrected chi connectivity index (χ1v) is 11.6. The number of ether oxygens (including phenoxy) is 1. The van der Waals surface area contributed by atoms with E-state index in [9.17, 15) is 4.79 Å². The van der Waals surface area contributed by atoms with Gasteiger partial charge in [0.15, 0.2) is 0 Å². The van der Waals surface area contributed by atoms with E-state index in [0.717, 1.165) is 44.5 Å². The van der Waals surface area contributed by atoms with Gasteiger partial charge in [0.25, 0.3) is 0 Å². The molecule has 0 aliphatic heterocycles. The molecule has 0 bridgehead atoms. The second-order valence-electron chi connectivity index (χ2n) is 8.39. The molecule has 174 valence electrons. The number of fused-ring (bicyclic) bond motifs is 1. The molecule has 2 heterocycles. The number of hydrogen-bond donors (Lipinski definition) is 1. The van der Waals surface area contributed by atoms with Crippen molar-refractivity contribution >= 4 is 16.7 Å². The topological polar surface area (TPSA) is 64.4 Å². The molecule has 1 atom stereocenters. The highest BCUT2D eigenvalue weighted by Crippen LogP contribution is 2.32. The van der Waals surface area contributed by atoms with Crippen LogP contribution in [0.1, 0.15) is 29.2 Å². The van der Waals surface area contributed by atoms with Crippen LogP contribution in [-0.2, 0) is 11.3 Å². The molecule has 0 saturated heterocycles. The normalized spacial score (nSPS) is 11.8. The summed E-state index contributed by atoms with van der Waals surface area (Å²) in [6.07, 6.45) is 5.60. The van der Waals surface area contributed by atoms with Crippen LogP contribution in [0.3, 0.4) is 0 Å². The predicted molar refractivity (Wildman–Crippen MR) is 137 cm³/mol. The summed E-state index contributed by atoms with van der Waals surface area (Å²) < 4.78 is 11.0. The number of aromatic nitrogens is 1. The molecule has 3 aromatic carbocycles. The minimum Gasteiger partial charge on any atom is -0.497 e. The summed E-state index contributed by atoms with van der Waals surface area (Å²) in [4.78, 5) is 17.3. The van der Waals surface area contributed by atoms with E-state index in [4.69, 9.17) is 9.15 Å². The lowest BCUT2D eigenvalue weighted by atomic mass is 9.93. The minimum absolute atomic E-state index is 0.0378. The molecule has 0 fully saturated rings. The van der Waals surface area contributed by atoms with Gasteiger partial charge in [0.05, 0.1) is 19.3 Å². The Balaban J connectivity index is 1.37. The number of amides is 1. The number of rotatable bonds is 8. The molecular weight excluding hydrogens is 436 g/mol. The first-order chi connectivity index (χ1) is 17.2. The Hall–Kier alpha value is -4.38. The van der Waals surface area contributed by atoms with Crippen LogP contribution in [0.5, 0.6) is 5.75 Å². The molecule has 5 rings (SSSR count). The van der Waals surface area contributed by atoms with Gasteiger partial charge in [-0.15, -0.1) is 0 Å². The molecule has 35 heavy (non-hydrogen) atoms. The third-order valence-electron chi connectivity index (χ3n) is 6.24. The van der Waals surface area contributed by atoms with Gasteiger partial charge in [-0.1, -0.05) is 54.6 Å². The summed E-state index contributed by atoms with van der Waals surface area (Å²) in [5, 5.41) is 5.20. The maximum atomic E-state index is 13.0. The fraction of sp³-hybridized carbons (Fsp3) is 0.133. The highest BCUT2D eigenvalue weighted by atomic mass is 16.5. The minimum atomic E-state index is -0.139. The number of nitrogens with zero attached hydrogens (tertiary/aromatic N) is 1. The largest absolute Gasteiger partial charge is 0.497 e. The number of carbonyl (C=O) groups excluding carboxylic acids is 1. The van der Waals surface area contributed by atoms with Crippen LogP contribution in [0.25, 0.3) is 21.9 Å². The zero-order chi connectivity index (χ0) is 24.0. The van der Waals surface area contributed by atoms with Gasteiger partial charge in [-0.25, -0.2) is 0 Å². The summed E-state index contributed by atoms with van der Waals surface area (Å²) in [6.45, 7) is 0.416. The highest BCUT2D eigenvalue weighted by molar-refractivity contribution is 5.98. The van der Waals surface area contributed by atoms with Gasteiger partial charge in [-0.05, 0) is 58.0 Å². The van der Waals surface area contributed by atoms with Gasteiger partial charge in [0.1, 0.15) is 11.5 Å². The van der Waals surface area contributed by atoms with Gasteiger partial charge in [-0.2, -0.15) is 0 Å². The van der Waals surface area contributed by atoms with Gasteiger partial charge < -0.3 is 14.5 Å². The van der Waals surface area contributed by atoms with E-state index in [1.165, 1.54) is 0 Å². The molecule has 0 radical (unpaired) electrons. The summed E-state index contributed by atoms with van der Waals surface area (Å²) in [5.41, 5.74) is 4.23. The fourth-order valence-electron chi connectivity index (χ4n) is 4.45. The maximum Gasteiger partial charge on any atom is 0.221 e. The van der Waals surface area contributed by atoms with E-state index in [0.29, 0.717) is 13.0 Å². The third-order valence-corrected chi connectivity index (χ3v) is 6.24. The lowest BCUT2D eigenvalue weighted by Crippen LogP contribution is -2.25. The van der Waals surface area contributed by atoms with Crippen molar-refractivity contribution in [3.63, 3.8) is 0 Å². The van der Waals surface area contributed by atoms with Gasteiger partial charge in [0, 0.05) is 30.7 Å². The van der Waals surface area contributed by atoms with Gasteiger partial charge >= 0.3 is 0 Å². The number of nitrogens with one attached hydrogen (secondary N) is 1. The molecule has 1 N–H and O–H groups in total. The molecular formula is C30H26N2O3. The summed E-state index contributed by atoms with van der Waals surface area (Å²) in [6, 6.07) is 27.9. The summed E-state index contributed by atoms with van der Waals surface area (Å²) >= 11 is 0. The van der Waals surface area contributed by atoms with Crippen molar-refractivity contribution in [2.24, 2.45) is 0 Å². The molecule has 5 aromatic rings.